The van der Waals surface area contributed by atoms with Crippen molar-refractivity contribution in [1.29, 1.82) is 0 Å². The van der Waals surface area contributed by atoms with Crippen LogP contribution in [0.25, 0.3) is 0 Å². The number of nitrogens with zero attached hydrogens (tertiary/aromatic N) is 1. The maximum atomic E-state index is 5.49. The summed E-state index contributed by atoms with van der Waals surface area (Å²) in [7, 11) is 0. The second kappa shape index (κ2) is 4.82. The fourth-order valence-electron chi connectivity index (χ4n) is 2.07. The summed E-state index contributed by atoms with van der Waals surface area (Å²) in [5.74, 6) is 0. The molecule has 1 unspecified atom stereocenters. The molecule has 0 spiro atoms. The summed E-state index contributed by atoms with van der Waals surface area (Å²) >= 11 is 1.77. The summed E-state index contributed by atoms with van der Waals surface area (Å²) < 4.78 is 5.49. The molecule has 2 rings (SSSR count). The Morgan fingerprint density at radius 1 is 1.56 bits per heavy atom. The van der Waals surface area contributed by atoms with E-state index in [0.29, 0.717) is 6.04 Å². The summed E-state index contributed by atoms with van der Waals surface area (Å²) in [6, 6.07) is 0.466. The van der Waals surface area contributed by atoms with Crippen molar-refractivity contribution in [2.75, 3.05) is 13.2 Å². The summed E-state index contributed by atoms with van der Waals surface area (Å²) in [4.78, 5) is 5.74. The van der Waals surface area contributed by atoms with Crippen LogP contribution in [0.5, 0.6) is 0 Å². The van der Waals surface area contributed by atoms with Crippen LogP contribution in [0.2, 0.25) is 0 Å². The van der Waals surface area contributed by atoms with Crippen molar-refractivity contribution in [2.45, 2.75) is 45.2 Å². The van der Waals surface area contributed by atoms with Gasteiger partial charge in [0.25, 0.3) is 0 Å². The highest BCUT2D eigenvalue weighted by Gasteiger charge is 2.27. The minimum Gasteiger partial charge on any atom is -0.380 e. The lowest BCUT2D eigenvalue weighted by atomic mass is 10.0. The fourth-order valence-corrected chi connectivity index (χ4v) is 2.90. The van der Waals surface area contributed by atoms with Crippen molar-refractivity contribution in [3.8, 4) is 0 Å². The van der Waals surface area contributed by atoms with Gasteiger partial charge in [-0.05, 0) is 33.6 Å². The van der Waals surface area contributed by atoms with Gasteiger partial charge in [0.2, 0.25) is 0 Å². The molecule has 0 amide bonds. The zero-order valence-electron chi connectivity index (χ0n) is 10.2. The molecular formula is C12H20N2OS. The standard InChI is InChI=1S/C12H20N2OS/c1-9-7-13-11(16-9)12(2,3)14-10-5-4-6-15-8-10/h7,10,14H,4-6,8H2,1-3H3. The van der Waals surface area contributed by atoms with Crippen LogP contribution < -0.4 is 5.32 Å². The van der Waals surface area contributed by atoms with Gasteiger partial charge in [0, 0.05) is 23.7 Å². The van der Waals surface area contributed by atoms with E-state index in [1.54, 1.807) is 11.3 Å². The molecule has 0 aromatic carbocycles. The van der Waals surface area contributed by atoms with Gasteiger partial charge in [-0.2, -0.15) is 0 Å². The number of ether oxygens (including phenoxy) is 1. The Morgan fingerprint density at radius 3 is 2.94 bits per heavy atom. The zero-order valence-corrected chi connectivity index (χ0v) is 11.1. The molecule has 0 bridgehead atoms. The van der Waals surface area contributed by atoms with E-state index < -0.39 is 0 Å². The Hall–Kier alpha value is -0.450. The molecule has 1 aliphatic heterocycles. The van der Waals surface area contributed by atoms with Crippen molar-refractivity contribution < 1.29 is 4.74 Å². The molecule has 90 valence electrons. The normalized spacial score (nSPS) is 22.3. The quantitative estimate of drug-likeness (QED) is 0.881. The van der Waals surface area contributed by atoms with Crippen LogP contribution in [0.15, 0.2) is 6.20 Å². The summed E-state index contributed by atoms with van der Waals surface area (Å²) in [6.07, 6.45) is 4.30. The van der Waals surface area contributed by atoms with Crippen LogP contribution >= 0.6 is 11.3 Å². The first kappa shape index (κ1) is 12.0. The molecule has 1 aliphatic rings. The third kappa shape index (κ3) is 2.81. The van der Waals surface area contributed by atoms with E-state index in [1.807, 2.05) is 6.20 Å². The van der Waals surface area contributed by atoms with Gasteiger partial charge in [-0.1, -0.05) is 0 Å². The first-order valence-electron chi connectivity index (χ1n) is 5.86. The number of aromatic nitrogens is 1. The lowest BCUT2D eigenvalue weighted by molar-refractivity contribution is 0.0600. The van der Waals surface area contributed by atoms with Crippen LogP contribution in [0.3, 0.4) is 0 Å². The van der Waals surface area contributed by atoms with Gasteiger partial charge < -0.3 is 10.1 Å². The van der Waals surface area contributed by atoms with Crippen molar-refractivity contribution in [1.82, 2.24) is 10.3 Å². The van der Waals surface area contributed by atoms with Crippen LogP contribution in [0.4, 0.5) is 0 Å². The Balaban J connectivity index is 2.01. The Kier molecular flexibility index (Phi) is 3.62. The van der Waals surface area contributed by atoms with E-state index >= 15 is 0 Å². The third-order valence-electron chi connectivity index (χ3n) is 2.88. The predicted octanol–water partition coefficient (Wildman–Crippen LogP) is 2.46. The molecule has 1 atom stereocenters. The number of rotatable bonds is 3. The van der Waals surface area contributed by atoms with E-state index in [2.05, 4.69) is 31.1 Å². The van der Waals surface area contributed by atoms with Crippen molar-refractivity contribution in [3.05, 3.63) is 16.1 Å². The summed E-state index contributed by atoms with van der Waals surface area (Å²) in [5.41, 5.74) is -0.0513. The van der Waals surface area contributed by atoms with Crippen molar-refractivity contribution >= 4 is 11.3 Å². The van der Waals surface area contributed by atoms with Crippen molar-refractivity contribution in [2.24, 2.45) is 0 Å². The highest BCUT2D eigenvalue weighted by molar-refractivity contribution is 7.11. The molecule has 1 N–H and O–H groups in total. The van der Waals surface area contributed by atoms with Gasteiger partial charge in [0.05, 0.1) is 12.1 Å². The SMILES string of the molecule is Cc1cnc(C(C)(C)NC2CCCOC2)s1. The molecule has 3 nitrogen and oxygen atoms in total. The van der Waals surface area contributed by atoms with Gasteiger partial charge in [-0.15, -0.1) is 11.3 Å². The van der Waals surface area contributed by atoms with Crippen molar-refractivity contribution in [3.63, 3.8) is 0 Å². The minimum atomic E-state index is -0.0513. The minimum absolute atomic E-state index is 0.0513. The van der Waals surface area contributed by atoms with Crippen LogP contribution in [-0.2, 0) is 10.3 Å². The lowest BCUT2D eigenvalue weighted by Crippen LogP contribution is -2.47. The van der Waals surface area contributed by atoms with Gasteiger partial charge in [-0.3, -0.25) is 0 Å². The first-order chi connectivity index (χ1) is 7.58. The maximum absolute atomic E-state index is 5.49. The van der Waals surface area contributed by atoms with Crippen LogP contribution in [0, 0.1) is 6.92 Å². The zero-order chi connectivity index (χ0) is 11.6. The van der Waals surface area contributed by atoms with E-state index in [1.165, 1.54) is 11.3 Å². The van der Waals surface area contributed by atoms with Crippen LogP contribution in [-0.4, -0.2) is 24.2 Å². The topological polar surface area (TPSA) is 34.2 Å². The second-order valence-corrected chi connectivity index (χ2v) is 6.19. The lowest BCUT2D eigenvalue weighted by Gasteiger charge is -2.32. The molecule has 0 saturated carbocycles. The van der Waals surface area contributed by atoms with E-state index in [0.717, 1.165) is 24.6 Å². The predicted molar refractivity (Wildman–Crippen MR) is 66.9 cm³/mol. The van der Waals surface area contributed by atoms with E-state index in [-0.39, 0.29) is 5.54 Å². The van der Waals surface area contributed by atoms with Gasteiger partial charge in [0.15, 0.2) is 0 Å². The monoisotopic (exact) mass is 240 g/mol. The molecule has 1 aromatic heterocycles. The second-order valence-electron chi connectivity index (χ2n) is 4.96. The summed E-state index contributed by atoms with van der Waals surface area (Å²) in [6.45, 7) is 8.23. The molecule has 1 aromatic rings. The Labute approximate surface area is 101 Å². The number of hydrogen-bond donors (Lipinski definition) is 1. The van der Waals surface area contributed by atoms with Crippen LogP contribution in [0.1, 0.15) is 36.6 Å². The molecular weight excluding hydrogens is 220 g/mol. The highest BCUT2D eigenvalue weighted by Crippen LogP contribution is 2.26. The fraction of sp³-hybridized carbons (Fsp3) is 0.750. The molecule has 1 saturated heterocycles. The number of nitrogens with one attached hydrogen (secondary N) is 1. The average Bonchev–Trinajstić information content (AvgIpc) is 2.66. The molecule has 0 radical (unpaired) electrons. The largest absolute Gasteiger partial charge is 0.380 e. The van der Waals surface area contributed by atoms with Gasteiger partial charge >= 0.3 is 0 Å². The van der Waals surface area contributed by atoms with E-state index in [4.69, 9.17) is 4.74 Å². The molecule has 0 aliphatic carbocycles. The molecule has 4 heteroatoms. The first-order valence-corrected chi connectivity index (χ1v) is 6.68. The number of thiazole rings is 1. The van der Waals surface area contributed by atoms with E-state index in [9.17, 15) is 0 Å². The molecule has 2 heterocycles. The Bertz CT molecular complexity index is 343. The molecule has 1 fully saturated rings. The van der Waals surface area contributed by atoms with Gasteiger partial charge in [0.1, 0.15) is 5.01 Å². The third-order valence-corrected chi connectivity index (χ3v) is 4.12. The maximum Gasteiger partial charge on any atom is 0.112 e. The summed E-state index contributed by atoms with van der Waals surface area (Å²) in [5, 5.41) is 4.81. The average molecular weight is 240 g/mol. The number of aryl methyl sites for hydroxylation is 1. The van der Waals surface area contributed by atoms with Gasteiger partial charge in [-0.25, -0.2) is 4.98 Å². The highest BCUT2D eigenvalue weighted by atomic mass is 32.1. The number of hydrogen-bond acceptors (Lipinski definition) is 4. The molecule has 16 heavy (non-hydrogen) atoms. The Morgan fingerprint density at radius 2 is 2.38 bits per heavy atom. The smallest absolute Gasteiger partial charge is 0.112 e.